The zero-order valence-electron chi connectivity index (χ0n) is 12.7. The highest BCUT2D eigenvalue weighted by Crippen LogP contribution is 2.34. The fourth-order valence-corrected chi connectivity index (χ4v) is 3.06. The first-order valence-corrected chi connectivity index (χ1v) is 8.15. The number of unbranched alkanes of at least 4 members (excludes halogenated alkanes) is 3. The fraction of sp³-hybridized carbons (Fsp3) is 0.647. The number of hydrogen-bond donors (Lipinski definition) is 0. The van der Waals surface area contributed by atoms with Crippen LogP contribution in [0.15, 0.2) is 24.3 Å². The standard InChI is InChI=1S/C17H24ClF3/c1-3-5-6-7-8-16(18)15(4-2)13-9-11-14(12-10-13)17(19,20)21/h9-12,15-16H,3-8H2,1-2H3. The molecule has 4 heteroatoms. The second-order valence-electron chi connectivity index (χ2n) is 5.50. The molecule has 21 heavy (non-hydrogen) atoms. The van der Waals surface area contributed by atoms with E-state index in [-0.39, 0.29) is 11.3 Å². The summed E-state index contributed by atoms with van der Waals surface area (Å²) in [6, 6.07) is 5.44. The van der Waals surface area contributed by atoms with E-state index in [1.807, 2.05) is 6.92 Å². The van der Waals surface area contributed by atoms with Gasteiger partial charge < -0.3 is 0 Å². The van der Waals surface area contributed by atoms with E-state index in [2.05, 4.69) is 6.92 Å². The largest absolute Gasteiger partial charge is 0.416 e. The highest BCUT2D eigenvalue weighted by Gasteiger charge is 2.30. The monoisotopic (exact) mass is 320 g/mol. The van der Waals surface area contributed by atoms with Crippen molar-refractivity contribution in [2.24, 2.45) is 0 Å². The molecule has 0 aromatic heterocycles. The van der Waals surface area contributed by atoms with Crippen molar-refractivity contribution < 1.29 is 13.2 Å². The molecule has 0 aliphatic carbocycles. The first-order chi connectivity index (χ1) is 9.90. The summed E-state index contributed by atoms with van der Waals surface area (Å²) in [5.41, 5.74) is 0.302. The maximum atomic E-state index is 12.6. The molecule has 120 valence electrons. The average Bonchev–Trinajstić information content (AvgIpc) is 2.44. The molecule has 0 spiro atoms. The lowest BCUT2D eigenvalue weighted by atomic mass is 9.89. The molecular weight excluding hydrogens is 297 g/mol. The van der Waals surface area contributed by atoms with E-state index in [0.29, 0.717) is 0 Å². The Hall–Kier alpha value is -0.700. The number of hydrogen-bond acceptors (Lipinski definition) is 0. The van der Waals surface area contributed by atoms with E-state index in [1.165, 1.54) is 19.3 Å². The van der Waals surface area contributed by atoms with Gasteiger partial charge in [-0.1, -0.05) is 51.7 Å². The molecule has 1 rings (SSSR count). The molecule has 0 N–H and O–H groups in total. The third-order valence-electron chi connectivity index (χ3n) is 3.88. The predicted octanol–water partition coefficient (Wildman–Crippen LogP) is 6.78. The fourth-order valence-electron chi connectivity index (χ4n) is 2.59. The van der Waals surface area contributed by atoms with Crippen LogP contribution in [0.25, 0.3) is 0 Å². The molecule has 0 saturated carbocycles. The minimum Gasteiger partial charge on any atom is -0.166 e. The molecule has 0 heterocycles. The van der Waals surface area contributed by atoms with Crippen molar-refractivity contribution in [1.82, 2.24) is 0 Å². The van der Waals surface area contributed by atoms with Gasteiger partial charge in [0.2, 0.25) is 0 Å². The number of benzene rings is 1. The summed E-state index contributed by atoms with van der Waals surface area (Å²) in [4.78, 5) is 0. The molecule has 0 nitrogen and oxygen atoms in total. The normalized spacial score (nSPS) is 15.0. The van der Waals surface area contributed by atoms with E-state index < -0.39 is 11.7 Å². The van der Waals surface area contributed by atoms with Crippen LogP contribution >= 0.6 is 11.6 Å². The van der Waals surface area contributed by atoms with Crippen molar-refractivity contribution in [2.75, 3.05) is 0 Å². The van der Waals surface area contributed by atoms with Gasteiger partial charge in [-0.2, -0.15) is 13.2 Å². The summed E-state index contributed by atoms with van der Waals surface area (Å²) >= 11 is 6.47. The molecule has 0 aliphatic heterocycles. The molecule has 0 aliphatic rings. The highest BCUT2D eigenvalue weighted by atomic mass is 35.5. The second-order valence-corrected chi connectivity index (χ2v) is 6.06. The van der Waals surface area contributed by atoms with Gasteiger partial charge >= 0.3 is 6.18 Å². The molecule has 0 saturated heterocycles. The van der Waals surface area contributed by atoms with Gasteiger partial charge in [-0.15, -0.1) is 11.6 Å². The van der Waals surface area contributed by atoms with Gasteiger partial charge in [0.1, 0.15) is 0 Å². The van der Waals surface area contributed by atoms with Crippen molar-refractivity contribution in [1.29, 1.82) is 0 Å². The van der Waals surface area contributed by atoms with E-state index in [9.17, 15) is 13.2 Å². The smallest absolute Gasteiger partial charge is 0.166 e. The molecule has 1 aromatic carbocycles. The van der Waals surface area contributed by atoms with E-state index in [0.717, 1.165) is 37.0 Å². The molecule has 2 atom stereocenters. The summed E-state index contributed by atoms with van der Waals surface area (Å²) < 4.78 is 37.7. The number of rotatable bonds is 8. The number of halogens is 4. The molecular formula is C17H24ClF3. The van der Waals surface area contributed by atoms with E-state index >= 15 is 0 Å². The predicted molar refractivity (Wildman–Crippen MR) is 82.9 cm³/mol. The van der Waals surface area contributed by atoms with Crippen molar-refractivity contribution in [3.63, 3.8) is 0 Å². The van der Waals surface area contributed by atoms with Gasteiger partial charge in [0.05, 0.1) is 5.56 Å². The zero-order chi connectivity index (χ0) is 15.9. The maximum absolute atomic E-state index is 12.6. The lowest BCUT2D eigenvalue weighted by Gasteiger charge is -2.22. The van der Waals surface area contributed by atoms with E-state index in [1.54, 1.807) is 12.1 Å². The van der Waals surface area contributed by atoms with Gasteiger partial charge in [-0.3, -0.25) is 0 Å². The summed E-state index contributed by atoms with van der Waals surface area (Å²) in [6.45, 7) is 4.19. The molecule has 1 aromatic rings. The Morgan fingerprint density at radius 1 is 1.00 bits per heavy atom. The Morgan fingerprint density at radius 2 is 1.62 bits per heavy atom. The van der Waals surface area contributed by atoms with Crippen molar-refractivity contribution in [2.45, 2.75) is 69.8 Å². The van der Waals surface area contributed by atoms with Crippen LogP contribution in [0.3, 0.4) is 0 Å². The summed E-state index contributed by atoms with van der Waals surface area (Å²) in [5.74, 6) is 0.121. The minimum atomic E-state index is -4.28. The van der Waals surface area contributed by atoms with Gasteiger partial charge in [0.15, 0.2) is 0 Å². The van der Waals surface area contributed by atoms with Gasteiger partial charge in [-0.25, -0.2) is 0 Å². The first kappa shape index (κ1) is 18.3. The second kappa shape index (κ2) is 8.67. The molecule has 0 amide bonds. The van der Waals surface area contributed by atoms with Crippen LogP contribution in [0.2, 0.25) is 0 Å². The highest BCUT2D eigenvalue weighted by molar-refractivity contribution is 6.21. The number of alkyl halides is 4. The SMILES string of the molecule is CCCCCCC(Cl)C(CC)c1ccc(C(F)(F)F)cc1. The van der Waals surface area contributed by atoms with Crippen molar-refractivity contribution >= 4 is 11.6 Å². The Labute approximate surface area is 130 Å². The summed E-state index contributed by atoms with van der Waals surface area (Å²) in [6.07, 6.45) is 2.13. The summed E-state index contributed by atoms with van der Waals surface area (Å²) in [5, 5.41) is -0.0106. The topological polar surface area (TPSA) is 0 Å². The van der Waals surface area contributed by atoms with Crippen molar-refractivity contribution in [3.05, 3.63) is 35.4 Å². The van der Waals surface area contributed by atoms with Crippen LogP contribution in [0.5, 0.6) is 0 Å². The quantitative estimate of drug-likeness (QED) is 0.366. The van der Waals surface area contributed by atoms with Crippen LogP contribution in [0.4, 0.5) is 13.2 Å². The van der Waals surface area contributed by atoms with Crippen LogP contribution in [0.1, 0.15) is 69.4 Å². The Balaban J connectivity index is 2.66. The first-order valence-electron chi connectivity index (χ1n) is 7.71. The van der Waals surface area contributed by atoms with Gasteiger partial charge in [0, 0.05) is 5.38 Å². The Kier molecular flexibility index (Phi) is 7.58. The molecule has 0 radical (unpaired) electrons. The zero-order valence-corrected chi connectivity index (χ0v) is 13.5. The molecule has 0 fully saturated rings. The average molecular weight is 321 g/mol. The lowest BCUT2D eigenvalue weighted by molar-refractivity contribution is -0.137. The van der Waals surface area contributed by atoms with Crippen LogP contribution < -0.4 is 0 Å². The lowest BCUT2D eigenvalue weighted by Crippen LogP contribution is -2.13. The van der Waals surface area contributed by atoms with Crippen LogP contribution in [-0.4, -0.2) is 5.38 Å². The van der Waals surface area contributed by atoms with Gasteiger partial charge in [0.25, 0.3) is 0 Å². The molecule has 0 bridgehead atoms. The van der Waals surface area contributed by atoms with Gasteiger partial charge in [-0.05, 0) is 36.5 Å². The Morgan fingerprint density at radius 3 is 2.10 bits per heavy atom. The third-order valence-corrected chi connectivity index (χ3v) is 4.40. The summed E-state index contributed by atoms with van der Waals surface area (Å²) in [7, 11) is 0. The van der Waals surface area contributed by atoms with Crippen LogP contribution in [-0.2, 0) is 6.18 Å². The third kappa shape index (κ3) is 5.90. The van der Waals surface area contributed by atoms with Crippen LogP contribution in [0, 0.1) is 0 Å². The van der Waals surface area contributed by atoms with Crippen molar-refractivity contribution in [3.8, 4) is 0 Å². The van der Waals surface area contributed by atoms with E-state index in [4.69, 9.17) is 11.6 Å². The minimum absolute atomic E-state index is 0.0106. The molecule has 2 unspecified atom stereocenters. The Bertz CT molecular complexity index is 397. The maximum Gasteiger partial charge on any atom is 0.416 e.